The van der Waals surface area contributed by atoms with Crippen molar-refractivity contribution in [3.05, 3.63) is 34.4 Å². The summed E-state index contributed by atoms with van der Waals surface area (Å²) in [5, 5.41) is 52.0. The van der Waals surface area contributed by atoms with Gasteiger partial charge in [-0.25, -0.2) is 0 Å². The van der Waals surface area contributed by atoms with Crippen LogP contribution < -0.4 is 5.32 Å². The zero-order chi connectivity index (χ0) is 20.0. The van der Waals surface area contributed by atoms with Crippen LogP contribution in [0.1, 0.15) is 12.8 Å². The van der Waals surface area contributed by atoms with E-state index in [1.807, 2.05) is 0 Å². The summed E-state index contributed by atoms with van der Waals surface area (Å²) in [5.74, 6) is -0.0146. The average Bonchev–Trinajstić information content (AvgIpc) is 2.65. The summed E-state index contributed by atoms with van der Waals surface area (Å²) in [5.41, 5.74) is 0.00461. The summed E-state index contributed by atoms with van der Waals surface area (Å²) in [6.07, 6.45) is -5.17. The van der Waals surface area contributed by atoms with Crippen molar-refractivity contribution < 1.29 is 34.9 Å². The number of hydrogen-bond donors (Lipinski definition) is 5. The number of nitrogens with zero attached hydrogens (tertiary/aromatic N) is 1. The number of para-hydroxylation sites is 1. The standard InChI is InChI=1S/C16H22N2O8S/c19-8-10-14(21)15(22)13(16(23)26-10)17-12(20)6-3-7-27-11-5-2-1-4-9(11)18(24)25/h1-2,4-5,10,13-16,19,21-23H,3,6-8H2,(H,17,20). The zero-order valence-corrected chi connectivity index (χ0v) is 15.1. The Morgan fingerprint density at radius 3 is 2.63 bits per heavy atom. The number of rotatable bonds is 8. The fourth-order valence-electron chi connectivity index (χ4n) is 2.66. The third-order valence-electron chi connectivity index (χ3n) is 4.10. The van der Waals surface area contributed by atoms with E-state index in [0.717, 1.165) is 0 Å². The van der Waals surface area contributed by atoms with E-state index in [-0.39, 0.29) is 12.1 Å². The summed E-state index contributed by atoms with van der Waals surface area (Å²) in [6, 6.07) is 5.09. The van der Waals surface area contributed by atoms with Crippen LogP contribution in [0.25, 0.3) is 0 Å². The third-order valence-corrected chi connectivity index (χ3v) is 5.24. The molecule has 0 radical (unpaired) electrons. The molecule has 5 atom stereocenters. The SMILES string of the molecule is O=C(CCCSc1ccccc1[N+](=O)[O-])NC1C(O)OC(CO)C(O)C1O. The van der Waals surface area contributed by atoms with E-state index in [1.165, 1.54) is 17.8 Å². The van der Waals surface area contributed by atoms with Gasteiger partial charge in [0.25, 0.3) is 5.69 Å². The van der Waals surface area contributed by atoms with Gasteiger partial charge in [-0.1, -0.05) is 12.1 Å². The van der Waals surface area contributed by atoms with Crippen molar-refractivity contribution in [2.75, 3.05) is 12.4 Å². The molecule has 1 heterocycles. The number of carbonyl (C=O) groups excluding carboxylic acids is 1. The molecular formula is C16H22N2O8S. The van der Waals surface area contributed by atoms with Crippen LogP contribution in [-0.2, 0) is 9.53 Å². The van der Waals surface area contributed by atoms with Gasteiger partial charge in [-0.3, -0.25) is 14.9 Å². The molecule has 27 heavy (non-hydrogen) atoms. The Morgan fingerprint density at radius 1 is 1.26 bits per heavy atom. The second-order valence-corrected chi connectivity index (χ2v) is 7.14. The highest BCUT2D eigenvalue weighted by Gasteiger charge is 2.44. The predicted octanol–water partition coefficient (Wildman–Crippen LogP) is -0.617. The lowest BCUT2D eigenvalue weighted by Gasteiger charge is -2.40. The fraction of sp³-hybridized carbons (Fsp3) is 0.562. The summed E-state index contributed by atoms with van der Waals surface area (Å²) in [7, 11) is 0. The van der Waals surface area contributed by atoms with E-state index < -0.39 is 48.1 Å². The number of aliphatic hydroxyl groups excluding tert-OH is 4. The minimum absolute atomic E-state index is 0.00461. The van der Waals surface area contributed by atoms with Gasteiger partial charge in [0.15, 0.2) is 6.29 Å². The molecule has 5 unspecified atom stereocenters. The van der Waals surface area contributed by atoms with Crippen LogP contribution in [0.4, 0.5) is 5.69 Å². The highest BCUT2D eigenvalue weighted by Crippen LogP contribution is 2.29. The number of nitro benzene ring substituents is 1. The van der Waals surface area contributed by atoms with Gasteiger partial charge in [0, 0.05) is 12.5 Å². The Hall–Kier alpha value is -1.76. The van der Waals surface area contributed by atoms with Crippen LogP contribution >= 0.6 is 11.8 Å². The second-order valence-electron chi connectivity index (χ2n) is 6.00. The van der Waals surface area contributed by atoms with Crippen LogP contribution in [-0.4, -0.2) is 74.3 Å². The van der Waals surface area contributed by atoms with Gasteiger partial charge < -0.3 is 30.5 Å². The van der Waals surface area contributed by atoms with Gasteiger partial charge >= 0.3 is 0 Å². The van der Waals surface area contributed by atoms with E-state index in [4.69, 9.17) is 9.84 Å². The lowest BCUT2D eigenvalue weighted by atomic mass is 9.97. The Morgan fingerprint density at radius 2 is 1.96 bits per heavy atom. The molecule has 0 aliphatic carbocycles. The molecule has 0 saturated carbocycles. The highest BCUT2D eigenvalue weighted by atomic mass is 32.2. The molecule has 1 saturated heterocycles. The predicted molar refractivity (Wildman–Crippen MR) is 95.0 cm³/mol. The van der Waals surface area contributed by atoms with Crippen molar-refractivity contribution in [1.82, 2.24) is 5.32 Å². The smallest absolute Gasteiger partial charge is 0.282 e. The molecular weight excluding hydrogens is 380 g/mol. The maximum atomic E-state index is 12.0. The minimum Gasteiger partial charge on any atom is -0.394 e. The van der Waals surface area contributed by atoms with Crippen LogP contribution in [0.3, 0.4) is 0 Å². The molecule has 1 aliphatic heterocycles. The Bertz CT molecular complexity index is 661. The quantitative estimate of drug-likeness (QED) is 0.165. The number of nitro groups is 1. The first-order valence-electron chi connectivity index (χ1n) is 8.31. The molecule has 0 spiro atoms. The maximum absolute atomic E-state index is 12.0. The molecule has 150 valence electrons. The molecule has 1 fully saturated rings. The molecule has 0 aromatic heterocycles. The summed E-state index contributed by atoms with van der Waals surface area (Å²) < 4.78 is 4.96. The minimum atomic E-state index is -1.56. The number of carbonyl (C=O) groups is 1. The lowest BCUT2D eigenvalue weighted by molar-refractivity contribution is -0.387. The number of ether oxygens (including phenoxy) is 1. The summed E-state index contributed by atoms with van der Waals surface area (Å²) in [6.45, 7) is -0.585. The number of nitrogens with one attached hydrogen (secondary N) is 1. The van der Waals surface area contributed by atoms with Crippen molar-refractivity contribution in [2.45, 2.75) is 48.4 Å². The molecule has 10 nitrogen and oxygen atoms in total. The third kappa shape index (κ3) is 5.61. The van der Waals surface area contributed by atoms with E-state index in [2.05, 4.69) is 5.32 Å². The van der Waals surface area contributed by atoms with E-state index in [9.17, 15) is 30.2 Å². The monoisotopic (exact) mass is 402 g/mol. The molecule has 1 aromatic rings. The van der Waals surface area contributed by atoms with Crippen LogP contribution in [0.2, 0.25) is 0 Å². The van der Waals surface area contributed by atoms with Crippen LogP contribution in [0, 0.1) is 10.1 Å². The number of hydrogen-bond acceptors (Lipinski definition) is 9. The summed E-state index contributed by atoms with van der Waals surface area (Å²) >= 11 is 1.26. The van der Waals surface area contributed by atoms with Gasteiger partial charge in [0.1, 0.15) is 24.4 Å². The molecule has 11 heteroatoms. The number of amides is 1. The Labute approximate surface area is 159 Å². The first kappa shape index (κ1) is 21.5. The molecule has 1 aliphatic rings. The topological polar surface area (TPSA) is 162 Å². The molecule has 5 N–H and O–H groups in total. The highest BCUT2D eigenvalue weighted by molar-refractivity contribution is 7.99. The van der Waals surface area contributed by atoms with Crippen molar-refractivity contribution in [3.8, 4) is 0 Å². The van der Waals surface area contributed by atoms with Gasteiger partial charge in [-0.15, -0.1) is 11.8 Å². The van der Waals surface area contributed by atoms with Crippen molar-refractivity contribution in [2.24, 2.45) is 0 Å². The largest absolute Gasteiger partial charge is 0.394 e. The summed E-state index contributed by atoms with van der Waals surface area (Å²) in [4.78, 5) is 23.0. The molecule has 1 aromatic carbocycles. The van der Waals surface area contributed by atoms with E-state index in [1.54, 1.807) is 18.2 Å². The van der Waals surface area contributed by atoms with Gasteiger partial charge in [-0.05, 0) is 18.2 Å². The number of benzene rings is 1. The fourth-order valence-corrected chi connectivity index (χ4v) is 3.63. The lowest BCUT2D eigenvalue weighted by Crippen LogP contribution is -2.64. The second kappa shape index (κ2) is 9.97. The van der Waals surface area contributed by atoms with Crippen LogP contribution in [0.15, 0.2) is 29.2 Å². The Kier molecular flexibility index (Phi) is 7.95. The first-order chi connectivity index (χ1) is 12.8. The van der Waals surface area contributed by atoms with Crippen LogP contribution in [0.5, 0.6) is 0 Å². The van der Waals surface area contributed by atoms with Crippen molar-refractivity contribution >= 4 is 23.4 Å². The van der Waals surface area contributed by atoms with Gasteiger partial charge in [0.05, 0.1) is 16.4 Å². The zero-order valence-electron chi connectivity index (χ0n) is 14.3. The van der Waals surface area contributed by atoms with Crippen molar-refractivity contribution in [1.29, 1.82) is 0 Å². The average molecular weight is 402 g/mol. The van der Waals surface area contributed by atoms with Gasteiger partial charge in [-0.2, -0.15) is 0 Å². The molecule has 1 amide bonds. The van der Waals surface area contributed by atoms with E-state index in [0.29, 0.717) is 17.1 Å². The van der Waals surface area contributed by atoms with Gasteiger partial charge in [0.2, 0.25) is 5.91 Å². The normalized spacial score (nSPS) is 27.9. The molecule has 2 rings (SSSR count). The number of aliphatic hydroxyl groups is 4. The Balaban J connectivity index is 1.79. The van der Waals surface area contributed by atoms with Crippen molar-refractivity contribution in [3.63, 3.8) is 0 Å². The molecule has 0 bridgehead atoms. The number of thioether (sulfide) groups is 1. The maximum Gasteiger partial charge on any atom is 0.282 e. The first-order valence-corrected chi connectivity index (χ1v) is 9.29. The van der Waals surface area contributed by atoms with E-state index >= 15 is 0 Å².